The van der Waals surface area contributed by atoms with Gasteiger partial charge in [0.2, 0.25) is 0 Å². The van der Waals surface area contributed by atoms with Crippen LogP contribution in [0.3, 0.4) is 0 Å². The topological polar surface area (TPSA) is 50.3 Å². The van der Waals surface area contributed by atoms with Crippen LogP contribution in [0.2, 0.25) is 0 Å². The summed E-state index contributed by atoms with van der Waals surface area (Å²) in [4.78, 5) is 30.9. The van der Waals surface area contributed by atoms with Gasteiger partial charge in [-0.1, -0.05) is 15.9 Å². The van der Waals surface area contributed by atoms with Crippen LogP contribution in [0.1, 0.15) is 20.9 Å². The molecule has 6 heteroatoms. The number of rotatable bonds is 3. The van der Waals surface area contributed by atoms with Crippen LogP contribution in [0.4, 0.5) is 5.69 Å². The number of hydrogen-bond acceptors (Lipinski definition) is 4. The summed E-state index contributed by atoms with van der Waals surface area (Å²) in [7, 11) is 0. The Morgan fingerprint density at radius 2 is 2.15 bits per heavy atom. The van der Waals surface area contributed by atoms with E-state index < -0.39 is 11.7 Å². The zero-order valence-electron chi connectivity index (χ0n) is 10.7. The first-order chi connectivity index (χ1) is 9.58. The number of nitrogens with zero attached hydrogens (tertiary/aromatic N) is 2. The number of Topliss-reactive ketones (excluding diaryl/α,β-unsaturated/α-hetero) is 1. The molecule has 0 saturated carbocycles. The minimum absolute atomic E-state index is 0.428. The van der Waals surface area contributed by atoms with Crippen LogP contribution in [-0.4, -0.2) is 23.2 Å². The van der Waals surface area contributed by atoms with E-state index in [0.29, 0.717) is 24.2 Å². The van der Waals surface area contributed by atoms with Crippen molar-refractivity contribution < 1.29 is 9.59 Å². The summed E-state index contributed by atoms with van der Waals surface area (Å²) in [5, 5.41) is 0. The van der Waals surface area contributed by atoms with Gasteiger partial charge in [-0.2, -0.15) is 0 Å². The lowest BCUT2D eigenvalue weighted by Gasteiger charge is -2.16. The molecule has 1 aromatic heterocycles. The summed E-state index contributed by atoms with van der Waals surface area (Å²) in [6.45, 7) is 2.45. The van der Waals surface area contributed by atoms with Crippen molar-refractivity contribution in [2.24, 2.45) is 0 Å². The summed E-state index contributed by atoms with van der Waals surface area (Å²) < 4.78 is 0.803. The average Bonchev–Trinajstić information content (AvgIpc) is 2.93. The molecule has 0 unspecified atom stereocenters. The highest BCUT2D eigenvalue weighted by atomic mass is 79.9. The number of thiazole rings is 1. The van der Waals surface area contributed by atoms with Crippen molar-refractivity contribution in [1.82, 2.24) is 4.98 Å². The van der Waals surface area contributed by atoms with Crippen molar-refractivity contribution in [1.29, 1.82) is 0 Å². The van der Waals surface area contributed by atoms with Gasteiger partial charge in [0, 0.05) is 22.3 Å². The highest BCUT2D eigenvalue weighted by molar-refractivity contribution is 9.10. The highest BCUT2D eigenvalue weighted by Crippen LogP contribution is 2.31. The Balaban J connectivity index is 1.86. The number of aryl methyl sites for hydroxylation is 1. The molecule has 1 amide bonds. The van der Waals surface area contributed by atoms with E-state index in [-0.39, 0.29) is 0 Å². The molecule has 4 nitrogen and oxygen atoms in total. The fraction of sp³-hybridized carbons (Fsp3) is 0.214. The normalized spacial score (nSPS) is 14.0. The van der Waals surface area contributed by atoms with Crippen LogP contribution >= 0.6 is 27.3 Å². The third-order valence-corrected chi connectivity index (χ3v) is 4.83. The molecule has 1 aliphatic heterocycles. The number of amides is 1. The summed E-state index contributed by atoms with van der Waals surface area (Å²) >= 11 is 4.90. The number of hydrogen-bond donors (Lipinski definition) is 0. The Bertz CT molecular complexity index is 711. The van der Waals surface area contributed by atoms with Crippen molar-refractivity contribution in [2.45, 2.75) is 13.3 Å². The maximum Gasteiger partial charge on any atom is 0.299 e. The van der Waals surface area contributed by atoms with Gasteiger partial charge < -0.3 is 4.90 Å². The number of ketones is 1. The number of fused-ring (bicyclic) bond motifs is 1. The maximum absolute atomic E-state index is 12.1. The molecule has 0 spiro atoms. The predicted octanol–water partition coefficient (Wildman–Crippen LogP) is 2.99. The highest BCUT2D eigenvalue weighted by Gasteiger charge is 2.35. The second-order valence-corrected chi connectivity index (χ2v) is 6.41. The lowest BCUT2D eigenvalue weighted by molar-refractivity contribution is -0.114. The maximum atomic E-state index is 12.1. The fourth-order valence-electron chi connectivity index (χ4n) is 2.27. The van der Waals surface area contributed by atoms with Gasteiger partial charge >= 0.3 is 0 Å². The average molecular weight is 351 g/mol. The van der Waals surface area contributed by atoms with E-state index in [0.717, 1.165) is 15.0 Å². The van der Waals surface area contributed by atoms with Gasteiger partial charge in [0.15, 0.2) is 0 Å². The first kappa shape index (κ1) is 13.5. The lowest BCUT2D eigenvalue weighted by atomic mass is 10.1. The SMILES string of the molecule is Cc1ncsc1CCN1C(=O)C(=O)c2cc(Br)ccc21. The Hall–Kier alpha value is -1.53. The number of aromatic nitrogens is 1. The Morgan fingerprint density at radius 3 is 2.85 bits per heavy atom. The molecule has 0 fully saturated rings. The van der Waals surface area contributed by atoms with E-state index in [1.165, 1.54) is 0 Å². The fourth-order valence-corrected chi connectivity index (χ4v) is 3.41. The Kier molecular flexibility index (Phi) is 3.43. The molecule has 3 rings (SSSR count). The summed E-state index contributed by atoms with van der Waals surface area (Å²) in [6, 6.07) is 5.35. The molecular formula is C14H11BrN2O2S. The first-order valence-corrected chi connectivity index (χ1v) is 7.80. The van der Waals surface area contributed by atoms with Crippen LogP contribution in [0.5, 0.6) is 0 Å². The van der Waals surface area contributed by atoms with Crippen molar-refractivity contribution in [3.05, 3.63) is 44.3 Å². The number of carbonyl (C=O) groups is 2. The second-order valence-electron chi connectivity index (χ2n) is 4.56. The largest absolute Gasteiger partial charge is 0.304 e. The van der Waals surface area contributed by atoms with Gasteiger partial charge in [0.05, 0.1) is 22.5 Å². The Morgan fingerprint density at radius 1 is 1.35 bits per heavy atom. The molecule has 0 atom stereocenters. The van der Waals surface area contributed by atoms with Crippen molar-refractivity contribution in [3.63, 3.8) is 0 Å². The van der Waals surface area contributed by atoms with E-state index in [9.17, 15) is 9.59 Å². The molecule has 1 aliphatic rings. The van der Waals surface area contributed by atoms with Crippen LogP contribution in [-0.2, 0) is 11.2 Å². The van der Waals surface area contributed by atoms with Gasteiger partial charge in [-0.05, 0) is 25.1 Å². The number of carbonyl (C=O) groups excluding carboxylic acids is 2. The molecule has 0 radical (unpaired) electrons. The second kappa shape index (κ2) is 5.10. The molecule has 20 heavy (non-hydrogen) atoms. The zero-order valence-corrected chi connectivity index (χ0v) is 13.1. The number of halogens is 1. The third kappa shape index (κ3) is 2.19. The van der Waals surface area contributed by atoms with Crippen molar-refractivity contribution >= 4 is 44.6 Å². The van der Waals surface area contributed by atoms with Crippen molar-refractivity contribution in [3.8, 4) is 0 Å². The van der Waals surface area contributed by atoms with Crippen LogP contribution in [0.25, 0.3) is 0 Å². The minimum atomic E-state index is -0.444. The van der Waals surface area contributed by atoms with Crippen LogP contribution in [0, 0.1) is 6.92 Å². The molecule has 2 aromatic rings. The lowest BCUT2D eigenvalue weighted by Crippen LogP contribution is -2.31. The standard InChI is InChI=1S/C14H11BrN2O2S/c1-8-12(20-7-16-8)4-5-17-11-3-2-9(15)6-10(11)13(18)14(17)19/h2-3,6-7H,4-5H2,1H3. The van der Waals surface area contributed by atoms with E-state index in [1.807, 2.05) is 19.1 Å². The van der Waals surface area contributed by atoms with Crippen LogP contribution < -0.4 is 4.90 Å². The molecule has 0 aliphatic carbocycles. The summed E-state index contributed by atoms with van der Waals surface area (Å²) in [6.07, 6.45) is 0.713. The number of anilines is 1. The quantitative estimate of drug-likeness (QED) is 0.799. The van der Waals surface area contributed by atoms with E-state index in [4.69, 9.17) is 0 Å². The Labute approximate surface area is 128 Å². The van der Waals surface area contributed by atoms with E-state index in [2.05, 4.69) is 20.9 Å². The monoisotopic (exact) mass is 350 g/mol. The molecule has 0 N–H and O–H groups in total. The zero-order chi connectivity index (χ0) is 14.3. The van der Waals surface area contributed by atoms with E-state index >= 15 is 0 Å². The third-order valence-electron chi connectivity index (χ3n) is 3.34. The van der Waals surface area contributed by atoms with Gasteiger partial charge in [-0.25, -0.2) is 4.98 Å². The molecule has 2 heterocycles. The predicted molar refractivity (Wildman–Crippen MR) is 81.4 cm³/mol. The van der Waals surface area contributed by atoms with Gasteiger partial charge in [-0.15, -0.1) is 11.3 Å². The van der Waals surface area contributed by atoms with Gasteiger partial charge in [0.25, 0.3) is 11.7 Å². The first-order valence-electron chi connectivity index (χ1n) is 6.12. The summed E-state index contributed by atoms with van der Waals surface area (Å²) in [5.74, 6) is -0.873. The molecule has 1 aromatic carbocycles. The smallest absolute Gasteiger partial charge is 0.299 e. The van der Waals surface area contributed by atoms with Crippen molar-refractivity contribution in [2.75, 3.05) is 11.4 Å². The molecular weight excluding hydrogens is 340 g/mol. The minimum Gasteiger partial charge on any atom is -0.304 e. The van der Waals surface area contributed by atoms with E-state index in [1.54, 1.807) is 27.8 Å². The summed E-state index contributed by atoms with van der Waals surface area (Å²) in [5.41, 5.74) is 3.96. The molecule has 0 bridgehead atoms. The van der Waals surface area contributed by atoms with Crippen LogP contribution in [0.15, 0.2) is 28.2 Å². The van der Waals surface area contributed by atoms with Gasteiger partial charge in [-0.3, -0.25) is 9.59 Å². The molecule has 102 valence electrons. The van der Waals surface area contributed by atoms with Gasteiger partial charge in [0.1, 0.15) is 0 Å². The number of benzene rings is 1. The molecule has 0 saturated heterocycles.